The number of amides is 2. The van der Waals surface area contributed by atoms with Gasteiger partial charge in [-0.25, -0.2) is 14.4 Å². The van der Waals surface area contributed by atoms with Gasteiger partial charge in [-0.05, 0) is 69.7 Å². The average Bonchev–Trinajstić information content (AvgIpc) is 2.80. The van der Waals surface area contributed by atoms with Crippen LogP contribution in [0.5, 0.6) is 0 Å². The molecule has 35 heavy (non-hydrogen) atoms. The lowest BCUT2D eigenvalue weighted by atomic mass is 9.80. The van der Waals surface area contributed by atoms with Crippen LogP contribution in [0.1, 0.15) is 39.2 Å². The maximum absolute atomic E-state index is 12.9. The summed E-state index contributed by atoms with van der Waals surface area (Å²) in [5.74, 6) is -1.78. The molecule has 0 radical (unpaired) electrons. The van der Waals surface area contributed by atoms with Gasteiger partial charge >= 0.3 is 18.0 Å². The van der Waals surface area contributed by atoms with E-state index in [0.29, 0.717) is 39.5 Å². The fraction of sp³-hybridized carbons (Fsp3) is 0.269. The van der Waals surface area contributed by atoms with Gasteiger partial charge in [-0.1, -0.05) is 28.1 Å². The molecule has 0 aromatic heterocycles. The lowest BCUT2D eigenvalue weighted by molar-refractivity contribution is -0.139. The molecule has 0 saturated carbocycles. The maximum atomic E-state index is 12.9. The highest BCUT2D eigenvalue weighted by molar-refractivity contribution is 9.10. The summed E-state index contributed by atoms with van der Waals surface area (Å²) >= 11 is 3.36. The first-order chi connectivity index (χ1) is 16.7. The van der Waals surface area contributed by atoms with Crippen LogP contribution in [0.4, 0.5) is 16.2 Å². The Balaban J connectivity index is 1.96. The van der Waals surface area contributed by atoms with Crippen molar-refractivity contribution in [3.8, 4) is 0 Å². The van der Waals surface area contributed by atoms with Crippen molar-refractivity contribution < 1.29 is 23.9 Å². The molecule has 2 aromatic carbocycles. The number of carbonyl (C=O) groups is 3. The topological polar surface area (TPSA) is 106 Å². The number of ether oxygens (including phenoxy) is 2. The van der Waals surface area contributed by atoms with Gasteiger partial charge in [0.25, 0.3) is 0 Å². The number of benzene rings is 2. The quantitative estimate of drug-likeness (QED) is 0.402. The SMILES string of the molecule is CCOC(=O)C1=C(C)NC(C)=C(C(=O)OCC)C1c1cccc(NC(=O)Nc2ccc(Br)cc2)c1. The highest BCUT2D eigenvalue weighted by Crippen LogP contribution is 2.40. The Morgan fingerprint density at radius 1 is 0.857 bits per heavy atom. The Hall–Kier alpha value is -3.59. The molecule has 1 aliphatic rings. The number of esters is 2. The molecule has 3 N–H and O–H groups in total. The monoisotopic (exact) mass is 541 g/mol. The largest absolute Gasteiger partial charge is 0.463 e. The number of allylic oxidation sites excluding steroid dienone is 2. The van der Waals surface area contributed by atoms with E-state index >= 15 is 0 Å². The van der Waals surface area contributed by atoms with E-state index in [1.807, 2.05) is 12.1 Å². The molecule has 0 unspecified atom stereocenters. The molecule has 0 spiro atoms. The molecule has 2 aromatic rings. The van der Waals surface area contributed by atoms with Gasteiger partial charge in [0.05, 0.1) is 30.3 Å². The first-order valence-electron chi connectivity index (χ1n) is 11.2. The van der Waals surface area contributed by atoms with Crippen molar-refractivity contribution in [2.75, 3.05) is 23.8 Å². The van der Waals surface area contributed by atoms with E-state index in [-0.39, 0.29) is 13.2 Å². The number of nitrogens with one attached hydrogen (secondary N) is 3. The molecule has 0 fully saturated rings. The number of halogens is 1. The van der Waals surface area contributed by atoms with Gasteiger partial charge in [0.15, 0.2) is 0 Å². The number of rotatable bonds is 7. The van der Waals surface area contributed by atoms with Crippen LogP contribution in [0, 0.1) is 0 Å². The number of urea groups is 1. The highest BCUT2D eigenvalue weighted by atomic mass is 79.9. The molecule has 0 bridgehead atoms. The van der Waals surface area contributed by atoms with Crippen molar-refractivity contribution in [1.29, 1.82) is 0 Å². The third-order valence-electron chi connectivity index (χ3n) is 5.33. The van der Waals surface area contributed by atoms with E-state index < -0.39 is 23.9 Å². The molecule has 0 aliphatic carbocycles. The van der Waals surface area contributed by atoms with Crippen molar-refractivity contribution in [3.63, 3.8) is 0 Å². The van der Waals surface area contributed by atoms with E-state index in [4.69, 9.17) is 9.47 Å². The molecule has 1 heterocycles. The van der Waals surface area contributed by atoms with Gasteiger partial charge in [0.1, 0.15) is 0 Å². The second kappa shape index (κ2) is 11.7. The average molecular weight is 542 g/mol. The van der Waals surface area contributed by atoms with Crippen LogP contribution in [0.15, 0.2) is 75.5 Å². The van der Waals surface area contributed by atoms with Crippen molar-refractivity contribution in [1.82, 2.24) is 5.32 Å². The van der Waals surface area contributed by atoms with Crippen LogP contribution >= 0.6 is 15.9 Å². The Bertz CT molecular complexity index is 1150. The third-order valence-corrected chi connectivity index (χ3v) is 5.86. The maximum Gasteiger partial charge on any atom is 0.336 e. The van der Waals surface area contributed by atoms with Gasteiger partial charge in [-0.15, -0.1) is 0 Å². The third kappa shape index (κ3) is 6.30. The normalized spacial score (nSPS) is 13.7. The van der Waals surface area contributed by atoms with Gasteiger partial charge in [0, 0.05) is 27.2 Å². The van der Waals surface area contributed by atoms with Gasteiger partial charge in [-0.2, -0.15) is 0 Å². The Morgan fingerprint density at radius 2 is 1.40 bits per heavy atom. The van der Waals surface area contributed by atoms with Crippen molar-refractivity contribution in [3.05, 3.63) is 81.1 Å². The Morgan fingerprint density at radius 3 is 1.94 bits per heavy atom. The molecule has 2 amide bonds. The van der Waals surface area contributed by atoms with Crippen LogP contribution in [-0.2, 0) is 19.1 Å². The predicted molar refractivity (Wildman–Crippen MR) is 138 cm³/mol. The summed E-state index contributed by atoms with van der Waals surface area (Å²) in [5.41, 5.74) is 3.58. The van der Waals surface area contributed by atoms with Crippen LogP contribution < -0.4 is 16.0 Å². The van der Waals surface area contributed by atoms with E-state index in [0.717, 1.165) is 4.47 Å². The van der Waals surface area contributed by atoms with E-state index in [1.165, 1.54) is 0 Å². The molecule has 3 rings (SSSR count). The van der Waals surface area contributed by atoms with Gasteiger partial charge < -0.3 is 25.4 Å². The standard InChI is InChI=1S/C26H28BrN3O5/c1-5-34-24(31)21-15(3)28-16(4)22(25(32)35-6-2)23(21)17-8-7-9-20(14-17)30-26(33)29-19-12-10-18(27)11-13-19/h7-14,23,28H,5-6H2,1-4H3,(H2,29,30,33). The minimum absolute atomic E-state index is 0.192. The Labute approximate surface area is 212 Å². The summed E-state index contributed by atoms with van der Waals surface area (Å²) in [6.07, 6.45) is 0. The first kappa shape index (κ1) is 26.0. The highest BCUT2D eigenvalue weighted by Gasteiger charge is 2.38. The van der Waals surface area contributed by atoms with Crippen molar-refractivity contribution in [2.45, 2.75) is 33.6 Å². The molecule has 184 valence electrons. The van der Waals surface area contributed by atoms with Crippen LogP contribution in [-0.4, -0.2) is 31.2 Å². The summed E-state index contributed by atoms with van der Waals surface area (Å²) in [6, 6.07) is 13.8. The molecular formula is C26H28BrN3O5. The van der Waals surface area contributed by atoms with Crippen molar-refractivity contribution >= 4 is 45.3 Å². The van der Waals surface area contributed by atoms with Crippen molar-refractivity contribution in [2.24, 2.45) is 0 Å². The minimum atomic E-state index is -0.731. The van der Waals surface area contributed by atoms with E-state index in [2.05, 4.69) is 31.9 Å². The van der Waals surface area contributed by atoms with Gasteiger partial charge in [0.2, 0.25) is 0 Å². The van der Waals surface area contributed by atoms with Crippen LogP contribution in [0.25, 0.3) is 0 Å². The number of dihydropyridines is 1. The molecule has 9 heteroatoms. The number of hydrogen-bond acceptors (Lipinski definition) is 6. The molecule has 8 nitrogen and oxygen atoms in total. The van der Waals surface area contributed by atoms with Gasteiger partial charge in [-0.3, -0.25) is 0 Å². The summed E-state index contributed by atoms with van der Waals surface area (Å²) in [4.78, 5) is 38.4. The Kier molecular flexibility index (Phi) is 8.70. The number of hydrogen-bond donors (Lipinski definition) is 3. The minimum Gasteiger partial charge on any atom is -0.463 e. The zero-order valence-corrected chi connectivity index (χ0v) is 21.6. The summed E-state index contributed by atoms with van der Waals surface area (Å²) in [5, 5.41) is 8.68. The lowest BCUT2D eigenvalue weighted by Gasteiger charge is -2.30. The van der Waals surface area contributed by atoms with E-state index in [9.17, 15) is 14.4 Å². The number of anilines is 2. The zero-order valence-electron chi connectivity index (χ0n) is 20.0. The van der Waals surface area contributed by atoms with E-state index in [1.54, 1.807) is 64.1 Å². The summed E-state index contributed by atoms with van der Waals surface area (Å²) in [7, 11) is 0. The fourth-order valence-corrected chi connectivity index (χ4v) is 4.17. The second-order valence-corrected chi connectivity index (χ2v) is 8.70. The van der Waals surface area contributed by atoms with Crippen LogP contribution in [0.2, 0.25) is 0 Å². The van der Waals surface area contributed by atoms with Crippen LogP contribution in [0.3, 0.4) is 0 Å². The summed E-state index contributed by atoms with van der Waals surface area (Å²) in [6.45, 7) is 7.36. The molecular weight excluding hydrogens is 514 g/mol. The molecule has 1 aliphatic heterocycles. The first-order valence-corrected chi connectivity index (χ1v) is 12.0. The zero-order chi connectivity index (χ0) is 25.5. The second-order valence-electron chi connectivity index (χ2n) is 7.79. The number of carbonyl (C=O) groups excluding carboxylic acids is 3. The predicted octanol–water partition coefficient (Wildman–Crippen LogP) is 5.45. The smallest absolute Gasteiger partial charge is 0.336 e. The molecule has 0 saturated heterocycles. The fourth-order valence-electron chi connectivity index (χ4n) is 3.91. The lowest BCUT2D eigenvalue weighted by Crippen LogP contribution is -2.32. The molecule has 0 atom stereocenters. The summed E-state index contributed by atoms with van der Waals surface area (Å²) < 4.78 is 11.5.